The van der Waals surface area contributed by atoms with Crippen molar-refractivity contribution in [3.63, 3.8) is 0 Å². The minimum Gasteiger partial charge on any atom is -0.369 e. The molecule has 3 aromatic carbocycles. The van der Waals surface area contributed by atoms with Crippen LogP contribution in [0.15, 0.2) is 66.7 Å². The molecule has 0 aromatic heterocycles. The van der Waals surface area contributed by atoms with E-state index in [0.29, 0.717) is 10.6 Å². The van der Waals surface area contributed by atoms with Crippen LogP contribution in [-0.4, -0.2) is 38.2 Å². The molecule has 0 saturated carbocycles. The van der Waals surface area contributed by atoms with Crippen molar-refractivity contribution in [1.29, 1.82) is 0 Å². The van der Waals surface area contributed by atoms with Crippen molar-refractivity contribution in [3.05, 3.63) is 106 Å². The summed E-state index contributed by atoms with van der Waals surface area (Å²) in [6.07, 6.45) is 0.428. The molecule has 3 aromatic rings. The normalized spacial score (nSPS) is 21.0. The number of rotatable bonds is 8. The molecule has 1 aliphatic heterocycles. The van der Waals surface area contributed by atoms with Gasteiger partial charge in [0.15, 0.2) is 17.5 Å². The van der Waals surface area contributed by atoms with Gasteiger partial charge in [-0.3, -0.25) is 0 Å². The van der Waals surface area contributed by atoms with Gasteiger partial charge in [0.05, 0.1) is 19.5 Å². The summed E-state index contributed by atoms with van der Waals surface area (Å²) in [6.45, 7) is -0.145. The average molecular weight is 540 g/mol. The first-order chi connectivity index (χ1) is 17.1. The first-order valence-electron chi connectivity index (χ1n) is 11.2. The maximum Gasteiger partial charge on any atom is 0.211 e. The third-order valence-electron chi connectivity index (χ3n) is 6.32. The Hall–Kier alpha value is -2.43. The quantitative estimate of drug-likeness (QED) is 0.359. The summed E-state index contributed by atoms with van der Waals surface area (Å²) in [5, 5.41) is 0.506. The summed E-state index contributed by atoms with van der Waals surface area (Å²) in [5.74, 6) is -4.26. The van der Waals surface area contributed by atoms with E-state index in [1.165, 1.54) is 4.31 Å². The Balaban J connectivity index is 1.72. The first kappa shape index (κ1) is 26.6. The van der Waals surface area contributed by atoms with E-state index in [1.54, 1.807) is 24.3 Å². The number of hydrogen-bond donors (Lipinski definition) is 0. The van der Waals surface area contributed by atoms with E-state index < -0.39 is 45.8 Å². The second kappa shape index (κ2) is 10.9. The van der Waals surface area contributed by atoms with Crippen LogP contribution in [0.3, 0.4) is 0 Å². The number of nitrogens with zero attached hydrogens (tertiary/aromatic N) is 1. The van der Waals surface area contributed by atoms with Gasteiger partial charge in [0.2, 0.25) is 10.0 Å². The fourth-order valence-corrected chi connectivity index (χ4v) is 5.28. The monoisotopic (exact) mass is 539 g/mol. The van der Waals surface area contributed by atoms with Gasteiger partial charge in [-0.25, -0.2) is 21.6 Å². The van der Waals surface area contributed by atoms with Crippen LogP contribution in [0.25, 0.3) is 0 Å². The van der Waals surface area contributed by atoms with Gasteiger partial charge in [-0.15, -0.1) is 0 Å². The van der Waals surface area contributed by atoms with E-state index in [2.05, 4.69) is 0 Å². The molecule has 1 saturated heterocycles. The molecule has 0 bridgehead atoms. The number of halogens is 4. The highest BCUT2D eigenvalue weighted by atomic mass is 35.5. The topological polar surface area (TPSA) is 55.8 Å². The average Bonchev–Trinajstić information content (AvgIpc) is 2.86. The smallest absolute Gasteiger partial charge is 0.211 e. The SMILES string of the molecule is CS(=O)(=O)N1CC[C@@](OCc2ccccc2)(c2ccc(Cl)cc2)[C@H](OCc2ccc(F)c(F)c2F)C1. The van der Waals surface area contributed by atoms with Crippen molar-refractivity contribution in [2.24, 2.45) is 0 Å². The minimum atomic E-state index is -3.58. The lowest BCUT2D eigenvalue weighted by Gasteiger charge is -2.47. The van der Waals surface area contributed by atoms with Gasteiger partial charge in [-0.05, 0) is 35.7 Å². The molecule has 0 radical (unpaired) electrons. The van der Waals surface area contributed by atoms with E-state index >= 15 is 0 Å². The van der Waals surface area contributed by atoms with Crippen LogP contribution >= 0.6 is 11.6 Å². The van der Waals surface area contributed by atoms with E-state index in [4.69, 9.17) is 21.1 Å². The van der Waals surface area contributed by atoms with Crippen LogP contribution in [0.4, 0.5) is 13.2 Å². The summed E-state index contributed by atoms with van der Waals surface area (Å²) >= 11 is 6.11. The van der Waals surface area contributed by atoms with E-state index in [-0.39, 0.29) is 31.7 Å². The summed E-state index contributed by atoms with van der Waals surface area (Å²) in [4.78, 5) is 0. The molecule has 0 N–H and O–H groups in total. The van der Waals surface area contributed by atoms with Crippen LogP contribution in [0, 0.1) is 17.5 Å². The van der Waals surface area contributed by atoms with E-state index in [1.807, 2.05) is 30.3 Å². The van der Waals surface area contributed by atoms with Crippen molar-refractivity contribution in [1.82, 2.24) is 4.31 Å². The van der Waals surface area contributed by atoms with Crippen molar-refractivity contribution in [3.8, 4) is 0 Å². The Morgan fingerprint density at radius 2 is 1.67 bits per heavy atom. The molecule has 192 valence electrons. The molecule has 36 heavy (non-hydrogen) atoms. The van der Waals surface area contributed by atoms with Crippen molar-refractivity contribution < 1.29 is 31.1 Å². The van der Waals surface area contributed by atoms with Gasteiger partial charge < -0.3 is 9.47 Å². The van der Waals surface area contributed by atoms with Gasteiger partial charge in [0.25, 0.3) is 0 Å². The lowest BCUT2D eigenvalue weighted by molar-refractivity contribution is -0.186. The highest BCUT2D eigenvalue weighted by Crippen LogP contribution is 2.41. The fourth-order valence-electron chi connectivity index (χ4n) is 4.33. The van der Waals surface area contributed by atoms with E-state index in [9.17, 15) is 21.6 Å². The molecule has 1 heterocycles. The number of piperidine rings is 1. The third kappa shape index (κ3) is 5.76. The highest BCUT2D eigenvalue weighted by molar-refractivity contribution is 7.88. The Morgan fingerprint density at radius 1 is 0.972 bits per heavy atom. The van der Waals surface area contributed by atoms with Crippen LogP contribution in [-0.2, 0) is 38.3 Å². The number of ether oxygens (including phenoxy) is 2. The molecule has 10 heteroatoms. The summed E-state index contributed by atoms with van der Waals surface area (Å²) in [5.41, 5.74) is 0.267. The van der Waals surface area contributed by atoms with Gasteiger partial charge in [0.1, 0.15) is 11.7 Å². The molecule has 0 unspecified atom stereocenters. The predicted molar refractivity (Wildman–Crippen MR) is 130 cm³/mol. The van der Waals surface area contributed by atoms with E-state index in [0.717, 1.165) is 24.0 Å². The molecule has 0 aliphatic carbocycles. The summed E-state index contributed by atoms with van der Waals surface area (Å²) in [7, 11) is -3.58. The van der Waals surface area contributed by atoms with Crippen LogP contribution in [0.1, 0.15) is 23.1 Å². The summed E-state index contributed by atoms with van der Waals surface area (Å²) < 4.78 is 80.2. The number of sulfonamides is 1. The maximum absolute atomic E-state index is 14.4. The standard InChI is InChI=1S/C26H25ClF3NO4S/c1-36(32,33)31-14-13-26(20-8-10-21(27)11-9-20,35-16-18-5-3-2-4-6-18)23(15-31)34-17-19-7-12-22(28)25(30)24(19)29/h2-12,23H,13-17H2,1H3/t23-,26-/m1/s1. The highest BCUT2D eigenvalue weighted by Gasteiger charge is 2.48. The number of hydrogen-bond acceptors (Lipinski definition) is 4. The Bertz CT molecular complexity index is 1310. The molecule has 1 aliphatic rings. The zero-order valence-electron chi connectivity index (χ0n) is 19.5. The molecule has 4 rings (SSSR count). The van der Waals surface area contributed by atoms with Gasteiger partial charge in [-0.1, -0.05) is 60.1 Å². The zero-order valence-corrected chi connectivity index (χ0v) is 21.0. The second-order valence-electron chi connectivity index (χ2n) is 8.68. The van der Waals surface area contributed by atoms with Crippen molar-refractivity contribution in [2.75, 3.05) is 19.3 Å². The predicted octanol–water partition coefficient (Wildman–Crippen LogP) is 5.42. The van der Waals surface area contributed by atoms with Crippen LogP contribution < -0.4 is 0 Å². The largest absolute Gasteiger partial charge is 0.369 e. The fraction of sp³-hybridized carbons (Fsp3) is 0.308. The molecule has 2 atom stereocenters. The molecule has 1 fully saturated rings. The Morgan fingerprint density at radius 3 is 2.33 bits per heavy atom. The lowest BCUT2D eigenvalue weighted by atomic mass is 9.82. The van der Waals surface area contributed by atoms with Crippen molar-refractivity contribution in [2.45, 2.75) is 31.3 Å². The molecule has 0 amide bonds. The third-order valence-corrected chi connectivity index (χ3v) is 7.84. The molecular weight excluding hydrogens is 515 g/mol. The van der Waals surface area contributed by atoms with Crippen LogP contribution in [0.2, 0.25) is 5.02 Å². The summed E-state index contributed by atoms with van der Waals surface area (Å²) in [6, 6.07) is 18.3. The Labute approximate surface area is 213 Å². The van der Waals surface area contributed by atoms with Crippen LogP contribution in [0.5, 0.6) is 0 Å². The van der Waals surface area contributed by atoms with Gasteiger partial charge in [0, 0.05) is 23.7 Å². The lowest BCUT2D eigenvalue weighted by Crippen LogP contribution is -2.57. The minimum absolute atomic E-state index is 0.0818. The van der Waals surface area contributed by atoms with Gasteiger partial charge in [-0.2, -0.15) is 4.31 Å². The van der Waals surface area contributed by atoms with Crippen molar-refractivity contribution >= 4 is 21.6 Å². The second-order valence-corrected chi connectivity index (χ2v) is 11.1. The zero-order chi connectivity index (χ0) is 25.9. The first-order valence-corrected chi connectivity index (χ1v) is 13.5. The molecule has 5 nitrogen and oxygen atoms in total. The maximum atomic E-state index is 14.4. The number of benzene rings is 3. The Kier molecular flexibility index (Phi) is 8.06. The van der Waals surface area contributed by atoms with Gasteiger partial charge >= 0.3 is 0 Å². The molecular formula is C26H25ClF3NO4S. The molecule has 0 spiro atoms.